The molecule has 0 aromatic carbocycles. The zero-order valence-electron chi connectivity index (χ0n) is 16.1. The Balaban J connectivity index is 2.15. The first-order valence-electron chi connectivity index (χ1n) is 9.16. The molecule has 0 aliphatic carbocycles. The van der Waals surface area contributed by atoms with E-state index in [4.69, 9.17) is 4.98 Å². The van der Waals surface area contributed by atoms with Crippen LogP contribution in [0.5, 0.6) is 0 Å². The summed E-state index contributed by atoms with van der Waals surface area (Å²) in [5.74, 6) is -0.0555. The number of aromatic nitrogens is 3. The molecule has 5 nitrogen and oxygen atoms in total. The first kappa shape index (κ1) is 18.6. The lowest BCUT2D eigenvalue weighted by atomic mass is 10.1. The molecule has 0 fully saturated rings. The number of carbonyl (C=O) groups excluding carboxylic acids is 1. The Kier molecular flexibility index (Phi) is 5.41. The maximum atomic E-state index is 12.8. The zero-order valence-corrected chi connectivity index (χ0v) is 16.9. The lowest BCUT2D eigenvalue weighted by Gasteiger charge is -2.11. The van der Waals surface area contributed by atoms with Gasteiger partial charge in [-0.25, -0.2) is 9.67 Å². The topological polar surface area (TPSA) is 59.8 Å². The third-order valence-corrected chi connectivity index (χ3v) is 5.40. The fraction of sp³-hybridized carbons (Fsp3) is 0.450. The van der Waals surface area contributed by atoms with Gasteiger partial charge in [-0.15, -0.1) is 11.3 Å². The minimum Gasteiger partial charge on any atom is -0.352 e. The van der Waals surface area contributed by atoms with Crippen LogP contribution >= 0.6 is 11.3 Å². The van der Waals surface area contributed by atoms with Crippen LogP contribution in [-0.4, -0.2) is 27.2 Å². The first-order chi connectivity index (χ1) is 12.4. The molecule has 3 aromatic heterocycles. The molecule has 1 N–H and O–H groups in total. The van der Waals surface area contributed by atoms with Crippen molar-refractivity contribution in [3.8, 4) is 11.3 Å². The molecule has 0 atom stereocenters. The van der Waals surface area contributed by atoms with Crippen LogP contribution in [0.25, 0.3) is 22.3 Å². The summed E-state index contributed by atoms with van der Waals surface area (Å²) in [7, 11) is 0. The molecule has 138 valence electrons. The minimum atomic E-state index is -0.0555. The smallest absolute Gasteiger partial charge is 0.252 e. The molecule has 26 heavy (non-hydrogen) atoms. The molecule has 3 aromatic rings. The van der Waals surface area contributed by atoms with Crippen molar-refractivity contribution in [2.75, 3.05) is 6.54 Å². The van der Waals surface area contributed by atoms with Crippen molar-refractivity contribution in [2.45, 2.75) is 53.5 Å². The molecule has 0 spiro atoms. The molecule has 0 saturated heterocycles. The number of nitrogens with zero attached hydrogens (tertiary/aromatic N) is 3. The number of carbonyl (C=O) groups is 1. The maximum Gasteiger partial charge on any atom is 0.252 e. The molecule has 6 heteroatoms. The standard InChI is InChI=1S/C20H26N4OS/c1-6-7-8-21-20(25)16-10-18(15-9-13(4)26-14(15)5)23-19-17(16)11-22-24(19)12(2)3/h9-12H,6-8H2,1-5H3,(H,21,25). The van der Waals surface area contributed by atoms with Crippen LogP contribution < -0.4 is 5.32 Å². The van der Waals surface area contributed by atoms with Crippen molar-refractivity contribution in [2.24, 2.45) is 0 Å². The number of thiophene rings is 1. The summed E-state index contributed by atoms with van der Waals surface area (Å²) in [6, 6.07) is 4.23. The van der Waals surface area contributed by atoms with Gasteiger partial charge in [0.25, 0.3) is 5.91 Å². The van der Waals surface area contributed by atoms with Crippen LogP contribution in [0.15, 0.2) is 18.3 Å². The van der Waals surface area contributed by atoms with Gasteiger partial charge in [-0.3, -0.25) is 4.79 Å². The summed E-state index contributed by atoms with van der Waals surface area (Å²) in [4.78, 5) is 20.1. The van der Waals surface area contributed by atoms with Crippen molar-refractivity contribution < 1.29 is 4.79 Å². The Bertz CT molecular complexity index is 939. The molecule has 0 aliphatic rings. The fourth-order valence-corrected chi connectivity index (χ4v) is 4.01. The van der Waals surface area contributed by atoms with E-state index in [2.05, 4.69) is 51.1 Å². The number of rotatable bonds is 6. The monoisotopic (exact) mass is 370 g/mol. The average molecular weight is 371 g/mol. The van der Waals surface area contributed by atoms with Gasteiger partial charge < -0.3 is 5.32 Å². The van der Waals surface area contributed by atoms with Gasteiger partial charge in [0.1, 0.15) is 0 Å². The molecule has 3 rings (SSSR count). The van der Waals surface area contributed by atoms with E-state index in [9.17, 15) is 4.79 Å². The van der Waals surface area contributed by atoms with E-state index in [1.807, 2.05) is 10.7 Å². The molecule has 0 saturated carbocycles. The van der Waals surface area contributed by atoms with Gasteiger partial charge >= 0.3 is 0 Å². The van der Waals surface area contributed by atoms with Crippen molar-refractivity contribution in [3.63, 3.8) is 0 Å². The Labute approximate surface area is 158 Å². The number of hydrogen-bond donors (Lipinski definition) is 1. The van der Waals surface area contributed by atoms with E-state index < -0.39 is 0 Å². The third-order valence-electron chi connectivity index (χ3n) is 4.43. The first-order valence-corrected chi connectivity index (χ1v) is 9.97. The number of pyridine rings is 1. The SMILES string of the molecule is CCCCNC(=O)c1cc(-c2cc(C)sc2C)nc2c1cnn2C(C)C. The highest BCUT2D eigenvalue weighted by Crippen LogP contribution is 2.32. The third kappa shape index (κ3) is 3.51. The van der Waals surface area contributed by atoms with Crippen LogP contribution in [0.1, 0.15) is 59.8 Å². The van der Waals surface area contributed by atoms with Crippen molar-refractivity contribution >= 4 is 28.3 Å². The molecule has 0 aliphatic heterocycles. The normalized spacial score (nSPS) is 11.5. The van der Waals surface area contributed by atoms with Gasteiger partial charge in [-0.1, -0.05) is 13.3 Å². The number of aryl methyl sites for hydroxylation is 2. The van der Waals surface area contributed by atoms with Crippen molar-refractivity contribution in [1.82, 2.24) is 20.1 Å². The number of hydrogen-bond acceptors (Lipinski definition) is 4. The van der Waals surface area contributed by atoms with Crippen LogP contribution in [-0.2, 0) is 0 Å². The van der Waals surface area contributed by atoms with Gasteiger partial charge in [0.15, 0.2) is 5.65 Å². The predicted molar refractivity (Wildman–Crippen MR) is 108 cm³/mol. The van der Waals surface area contributed by atoms with Crippen molar-refractivity contribution in [1.29, 1.82) is 0 Å². The van der Waals surface area contributed by atoms with Gasteiger partial charge in [-0.2, -0.15) is 5.10 Å². The largest absolute Gasteiger partial charge is 0.352 e. The minimum absolute atomic E-state index is 0.0555. The number of fused-ring (bicyclic) bond motifs is 1. The number of amides is 1. The van der Waals surface area contributed by atoms with E-state index in [0.29, 0.717) is 12.1 Å². The summed E-state index contributed by atoms with van der Waals surface area (Å²) >= 11 is 1.75. The molecule has 3 heterocycles. The van der Waals surface area contributed by atoms with E-state index >= 15 is 0 Å². The Morgan fingerprint density at radius 1 is 1.31 bits per heavy atom. The summed E-state index contributed by atoms with van der Waals surface area (Å²) in [6.07, 6.45) is 3.78. The van der Waals surface area contributed by atoms with E-state index in [1.54, 1.807) is 17.5 Å². The Hall–Kier alpha value is -2.21. The van der Waals surface area contributed by atoms with E-state index in [1.165, 1.54) is 9.75 Å². The second kappa shape index (κ2) is 7.58. The average Bonchev–Trinajstić information content (AvgIpc) is 3.16. The Morgan fingerprint density at radius 2 is 2.08 bits per heavy atom. The fourth-order valence-electron chi connectivity index (χ4n) is 3.08. The highest BCUT2D eigenvalue weighted by molar-refractivity contribution is 7.12. The van der Waals surface area contributed by atoms with Gasteiger partial charge in [-0.05, 0) is 46.2 Å². The number of unbranched alkanes of at least 4 members (excludes halogenated alkanes) is 1. The van der Waals surface area contributed by atoms with Crippen LogP contribution in [0, 0.1) is 13.8 Å². The lowest BCUT2D eigenvalue weighted by Crippen LogP contribution is -2.24. The molecular formula is C20H26N4OS. The summed E-state index contributed by atoms with van der Waals surface area (Å²) in [6.45, 7) is 11.1. The van der Waals surface area contributed by atoms with E-state index in [-0.39, 0.29) is 11.9 Å². The molecule has 0 radical (unpaired) electrons. The lowest BCUT2D eigenvalue weighted by molar-refractivity contribution is 0.0955. The summed E-state index contributed by atoms with van der Waals surface area (Å²) in [5.41, 5.74) is 3.34. The summed E-state index contributed by atoms with van der Waals surface area (Å²) < 4.78 is 1.89. The second-order valence-corrected chi connectivity index (χ2v) is 8.37. The van der Waals surface area contributed by atoms with Crippen LogP contribution in [0.2, 0.25) is 0 Å². The van der Waals surface area contributed by atoms with Crippen LogP contribution in [0.3, 0.4) is 0 Å². The van der Waals surface area contributed by atoms with E-state index in [0.717, 1.165) is 35.1 Å². The zero-order chi connectivity index (χ0) is 18.8. The quantitative estimate of drug-likeness (QED) is 0.629. The van der Waals surface area contributed by atoms with Gasteiger partial charge in [0.05, 0.1) is 22.8 Å². The molecule has 1 amide bonds. The highest BCUT2D eigenvalue weighted by Gasteiger charge is 2.19. The Morgan fingerprint density at radius 3 is 2.69 bits per heavy atom. The van der Waals surface area contributed by atoms with Gasteiger partial charge in [0, 0.05) is 27.9 Å². The predicted octanol–water partition coefficient (Wildman–Crippen LogP) is 4.89. The maximum absolute atomic E-state index is 12.8. The second-order valence-electron chi connectivity index (χ2n) is 6.91. The molecule has 0 bridgehead atoms. The number of nitrogens with one attached hydrogen (secondary N) is 1. The summed E-state index contributed by atoms with van der Waals surface area (Å²) in [5, 5.41) is 8.31. The van der Waals surface area contributed by atoms with Crippen LogP contribution in [0.4, 0.5) is 0 Å². The van der Waals surface area contributed by atoms with Gasteiger partial charge in [0.2, 0.25) is 0 Å². The molecular weight excluding hydrogens is 344 g/mol. The van der Waals surface area contributed by atoms with Crippen molar-refractivity contribution in [3.05, 3.63) is 33.6 Å². The highest BCUT2D eigenvalue weighted by atomic mass is 32.1. The molecule has 0 unspecified atom stereocenters.